The number of pyridine rings is 1. The lowest BCUT2D eigenvalue weighted by atomic mass is 9.73. The first-order valence-electron chi connectivity index (χ1n) is 9.94. The number of nitrogens with two attached hydrogens (primary N) is 2. The van der Waals surface area contributed by atoms with E-state index in [4.69, 9.17) is 26.2 Å². The number of rotatable bonds is 4. The Balaban J connectivity index is 0.00000171. The standard InChI is InChI=1S/C23H27N5O.3ClH/c1-23(25)11-10-17(19(24)14-23)22-18-13-16(29-2)7-8-20(18)27-21(28-22)9-6-15-5-3-4-12-26-15;;;/h3-9,12-13,17,19H,10-11,14,24-25H2,1-2H3;3*1H/b9-6-;;;. The Labute approximate surface area is 207 Å². The molecule has 9 heteroatoms. The van der Waals surface area contributed by atoms with Gasteiger partial charge in [0.1, 0.15) is 5.75 Å². The summed E-state index contributed by atoms with van der Waals surface area (Å²) in [5, 5.41) is 0.986. The predicted octanol–water partition coefficient (Wildman–Crippen LogP) is 4.78. The number of nitrogens with zero attached hydrogens (tertiary/aromatic N) is 3. The Morgan fingerprint density at radius 3 is 2.53 bits per heavy atom. The third-order valence-corrected chi connectivity index (χ3v) is 5.64. The number of fused-ring (bicyclic) bond motifs is 1. The summed E-state index contributed by atoms with van der Waals surface area (Å²) in [5.41, 5.74) is 15.4. The summed E-state index contributed by atoms with van der Waals surface area (Å²) in [5.74, 6) is 1.56. The van der Waals surface area contributed by atoms with Crippen molar-refractivity contribution in [1.29, 1.82) is 0 Å². The van der Waals surface area contributed by atoms with Crippen LogP contribution in [0.5, 0.6) is 5.75 Å². The average Bonchev–Trinajstić information content (AvgIpc) is 2.71. The van der Waals surface area contributed by atoms with Gasteiger partial charge in [0.2, 0.25) is 0 Å². The van der Waals surface area contributed by atoms with E-state index in [1.807, 2.05) is 48.6 Å². The van der Waals surface area contributed by atoms with Crippen LogP contribution >= 0.6 is 37.2 Å². The summed E-state index contributed by atoms with van der Waals surface area (Å²) in [6, 6.07) is 11.6. The van der Waals surface area contributed by atoms with Crippen molar-refractivity contribution in [2.24, 2.45) is 11.5 Å². The van der Waals surface area contributed by atoms with Crippen molar-refractivity contribution in [3.05, 3.63) is 59.8 Å². The Morgan fingerprint density at radius 2 is 1.88 bits per heavy atom. The van der Waals surface area contributed by atoms with E-state index in [-0.39, 0.29) is 54.7 Å². The van der Waals surface area contributed by atoms with Crippen molar-refractivity contribution < 1.29 is 4.74 Å². The van der Waals surface area contributed by atoms with Crippen LogP contribution in [0, 0.1) is 0 Å². The van der Waals surface area contributed by atoms with Crippen molar-refractivity contribution in [2.45, 2.75) is 43.7 Å². The molecule has 0 saturated heterocycles. The Bertz CT molecular complexity index is 1050. The molecular weight excluding hydrogens is 469 g/mol. The van der Waals surface area contributed by atoms with Crippen molar-refractivity contribution in [3.63, 3.8) is 0 Å². The van der Waals surface area contributed by atoms with Gasteiger partial charge in [-0.2, -0.15) is 0 Å². The summed E-state index contributed by atoms with van der Waals surface area (Å²) in [7, 11) is 1.66. The number of hydrogen-bond donors (Lipinski definition) is 2. The molecule has 3 aromatic rings. The molecule has 2 heterocycles. The van der Waals surface area contributed by atoms with E-state index in [9.17, 15) is 0 Å². The van der Waals surface area contributed by atoms with E-state index in [0.717, 1.165) is 47.3 Å². The fourth-order valence-electron chi connectivity index (χ4n) is 4.09. The highest BCUT2D eigenvalue weighted by Crippen LogP contribution is 2.38. The molecule has 32 heavy (non-hydrogen) atoms. The van der Waals surface area contributed by atoms with Gasteiger partial charge in [0.05, 0.1) is 24.0 Å². The van der Waals surface area contributed by atoms with Gasteiger partial charge in [-0.3, -0.25) is 4.98 Å². The molecule has 1 aliphatic carbocycles. The number of ether oxygens (including phenoxy) is 1. The molecule has 4 N–H and O–H groups in total. The van der Waals surface area contributed by atoms with Gasteiger partial charge in [0, 0.05) is 29.1 Å². The summed E-state index contributed by atoms with van der Waals surface area (Å²) in [6.45, 7) is 2.07. The SMILES string of the molecule is COc1ccc2nc(/C=C\c3ccccn3)nc(C3CCC(C)(N)CC3N)c2c1.Cl.Cl.Cl. The van der Waals surface area contributed by atoms with Gasteiger partial charge in [-0.15, -0.1) is 37.2 Å². The molecule has 6 nitrogen and oxygen atoms in total. The fraction of sp³-hybridized carbons (Fsp3) is 0.348. The molecule has 0 aliphatic heterocycles. The molecule has 0 spiro atoms. The van der Waals surface area contributed by atoms with Crippen LogP contribution in [0.1, 0.15) is 49.3 Å². The minimum Gasteiger partial charge on any atom is -0.497 e. The largest absolute Gasteiger partial charge is 0.497 e. The second-order valence-electron chi connectivity index (χ2n) is 8.11. The van der Waals surface area contributed by atoms with E-state index < -0.39 is 0 Å². The number of methoxy groups -OCH3 is 1. The molecule has 174 valence electrons. The third-order valence-electron chi connectivity index (χ3n) is 5.64. The molecule has 0 bridgehead atoms. The summed E-state index contributed by atoms with van der Waals surface area (Å²) < 4.78 is 5.43. The van der Waals surface area contributed by atoms with Crippen LogP contribution in [0.3, 0.4) is 0 Å². The summed E-state index contributed by atoms with van der Waals surface area (Å²) >= 11 is 0. The molecule has 3 atom stereocenters. The van der Waals surface area contributed by atoms with E-state index >= 15 is 0 Å². The molecule has 1 saturated carbocycles. The Kier molecular flexibility index (Phi) is 10.3. The van der Waals surface area contributed by atoms with Crippen LogP contribution in [-0.4, -0.2) is 33.6 Å². The molecule has 2 aromatic heterocycles. The quantitative estimate of drug-likeness (QED) is 0.537. The van der Waals surface area contributed by atoms with Crippen molar-refractivity contribution in [3.8, 4) is 5.75 Å². The van der Waals surface area contributed by atoms with Crippen LogP contribution in [0.15, 0.2) is 42.6 Å². The van der Waals surface area contributed by atoms with Crippen molar-refractivity contribution >= 4 is 60.3 Å². The minimum atomic E-state index is -0.224. The smallest absolute Gasteiger partial charge is 0.152 e. The van der Waals surface area contributed by atoms with Crippen molar-refractivity contribution in [1.82, 2.24) is 15.0 Å². The molecule has 0 amide bonds. The van der Waals surface area contributed by atoms with Gasteiger partial charge in [0.25, 0.3) is 0 Å². The van der Waals surface area contributed by atoms with Gasteiger partial charge in [-0.1, -0.05) is 6.07 Å². The molecule has 1 aliphatic rings. The predicted molar refractivity (Wildman–Crippen MR) is 138 cm³/mol. The maximum Gasteiger partial charge on any atom is 0.152 e. The molecule has 1 fully saturated rings. The van der Waals surface area contributed by atoms with Crippen LogP contribution in [-0.2, 0) is 0 Å². The van der Waals surface area contributed by atoms with E-state index in [2.05, 4.69) is 11.9 Å². The third kappa shape index (κ3) is 6.30. The number of aromatic nitrogens is 3. The van der Waals surface area contributed by atoms with E-state index in [1.54, 1.807) is 13.3 Å². The first kappa shape index (κ1) is 28.1. The Hall–Kier alpha value is -1.96. The lowest BCUT2D eigenvalue weighted by molar-refractivity contribution is 0.261. The minimum absolute atomic E-state index is 0. The van der Waals surface area contributed by atoms with Crippen LogP contribution < -0.4 is 16.2 Å². The lowest BCUT2D eigenvalue weighted by Gasteiger charge is -2.38. The second-order valence-corrected chi connectivity index (χ2v) is 8.11. The number of halogens is 3. The Morgan fingerprint density at radius 1 is 1.09 bits per heavy atom. The molecule has 3 unspecified atom stereocenters. The highest BCUT2D eigenvalue weighted by atomic mass is 35.5. The number of benzene rings is 1. The summed E-state index contributed by atoms with van der Waals surface area (Å²) in [4.78, 5) is 14.0. The van der Waals surface area contributed by atoms with E-state index in [1.165, 1.54) is 0 Å². The topological polar surface area (TPSA) is 99.9 Å². The summed E-state index contributed by atoms with van der Waals surface area (Å²) in [6.07, 6.45) is 8.18. The maximum atomic E-state index is 6.56. The van der Waals surface area contributed by atoms with Crippen molar-refractivity contribution in [2.75, 3.05) is 7.11 Å². The van der Waals surface area contributed by atoms with E-state index in [0.29, 0.717) is 5.82 Å². The molecular formula is C23H30Cl3N5O. The zero-order chi connectivity index (χ0) is 20.4. The van der Waals surface area contributed by atoms with Crippen LogP contribution in [0.4, 0.5) is 0 Å². The zero-order valence-corrected chi connectivity index (χ0v) is 20.6. The monoisotopic (exact) mass is 497 g/mol. The van der Waals surface area contributed by atoms with Gasteiger partial charge in [-0.05, 0) is 68.7 Å². The molecule has 1 aromatic carbocycles. The van der Waals surface area contributed by atoms with Gasteiger partial charge in [0.15, 0.2) is 5.82 Å². The van der Waals surface area contributed by atoms with Crippen LogP contribution in [0.2, 0.25) is 0 Å². The molecule has 4 rings (SSSR count). The first-order chi connectivity index (χ1) is 13.9. The number of hydrogen-bond acceptors (Lipinski definition) is 6. The maximum absolute atomic E-state index is 6.56. The van der Waals surface area contributed by atoms with Crippen LogP contribution in [0.25, 0.3) is 23.1 Å². The normalized spacial score (nSPS) is 22.5. The first-order valence-corrected chi connectivity index (χ1v) is 9.94. The van der Waals surface area contributed by atoms with Gasteiger partial charge < -0.3 is 16.2 Å². The average molecular weight is 499 g/mol. The zero-order valence-electron chi connectivity index (χ0n) is 18.1. The highest BCUT2D eigenvalue weighted by Gasteiger charge is 2.35. The van der Waals surface area contributed by atoms with Gasteiger partial charge in [-0.25, -0.2) is 9.97 Å². The lowest BCUT2D eigenvalue weighted by Crippen LogP contribution is -2.49. The fourth-order valence-corrected chi connectivity index (χ4v) is 4.09. The second kappa shape index (κ2) is 11.8. The van der Waals surface area contributed by atoms with Gasteiger partial charge >= 0.3 is 0 Å². The molecule has 0 radical (unpaired) electrons. The highest BCUT2D eigenvalue weighted by molar-refractivity contribution is 5.86.